The molecule has 3 aromatic carbocycles. The standard InChI is InChI=1S/C31H32BrN5O3S/c1-6-41-31-35-30-33-20(4)26(29(38)34-23-9-7-8-19(3)14-23)27(37(30)36-31)22-15-24(32)28(25(16-22)39-5)40-17-21-12-10-18(2)11-13-21/h7-16,27H,6,17H2,1-5H3,(H,34,38)(H,33,35,36). The first kappa shape index (κ1) is 28.8. The van der Waals surface area contributed by atoms with Crippen LogP contribution in [0, 0.1) is 13.8 Å². The van der Waals surface area contributed by atoms with Crippen LogP contribution in [0.1, 0.15) is 42.1 Å². The van der Waals surface area contributed by atoms with Gasteiger partial charge in [0.25, 0.3) is 5.91 Å². The lowest BCUT2D eigenvalue weighted by atomic mass is 9.94. The Hall–Kier alpha value is -3.76. The van der Waals surface area contributed by atoms with Crippen LogP contribution in [0.2, 0.25) is 0 Å². The maximum absolute atomic E-state index is 13.9. The number of thioether (sulfide) groups is 1. The Morgan fingerprint density at radius 1 is 1.10 bits per heavy atom. The van der Waals surface area contributed by atoms with E-state index in [0.717, 1.165) is 28.1 Å². The molecule has 1 unspecified atom stereocenters. The number of hydrogen-bond donors (Lipinski definition) is 2. The van der Waals surface area contributed by atoms with Gasteiger partial charge in [-0.3, -0.25) is 4.79 Å². The molecule has 0 saturated carbocycles. The molecule has 0 radical (unpaired) electrons. The Balaban J connectivity index is 1.55. The van der Waals surface area contributed by atoms with E-state index in [4.69, 9.17) is 14.6 Å². The number of benzene rings is 3. The van der Waals surface area contributed by atoms with Gasteiger partial charge in [0.2, 0.25) is 11.1 Å². The molecule has 1 aromatic heterocycles. The maximum atomic E-state index is 13.9. The van der Waals surface area contributed by atoms with Crippen LogP contribution in [0.5, 0.6) is 11.5 Å². The van der Waals surface area contributed by atoms with Crippen molar-refractivity contribution in [2.24, 2.45) is 0 Å². The molecule has 1 amide bonds. The number of nitrogens with one attached hydrogen (secondary N) is 2. The number of anilines is 2. The first-order valence-electron chi connectivity index (χ1n) is 13.3. The highest BCUT2D eigenvalue weighted by atomic mass is 79.9. The highest BCUT2D eigenvalue weighted by molar-refractivity contribution is 9.10. The molecule has 41 heavy (non-hydrogen) atoms. The van der Waals surface area contributed by atoms with Gasteiger partial charge < -0.3 is 20.1 Å². The maximum Gasteiger partial charge on any atom is 0.255 e. The average molecular weight is 635 g/mol. The molecule has 212 valence electrons. The van der Waals surface area contributed by atoms with Crippen molar-refractivity contribution >= 4 is 45.2 Å². The Bertz CT molecular complexity index is 1620. The van der Waals surface area contributed by atoms with E-state index >= 15 is 0 Å². The normalized spacial score (nSPS) is 14.3. The monoisotopic (exact) mass is 633 g/mol. The molecule has 2 heterocycles. The minimum absolute atomic E-state index is 0.230. The van der Waals surface area contributed by atoms with E-state index in [9.17, 15) is 4.79 Å². The summed E-state index contributed by atoms with van der Waals surface area (Å²) in [5.74, 6) is 2.30. The second kappa shape index (κ2) is 12.4. The number of amides is 1. The first-order chi connectivity index (χ1) is 19.8. The van der Waals surface area contributed by atoms with Crippen molar-refractivity contribution in [3.8, 4) is 11.5 Å². The number of methoxy groups -OCH3 is 1. The molecular formula is C31H32BrN5O3S. The number of rotatable bonds is 9. The SMILES string of the molecule is CCSc1nc2n(n1)C(c1cc(Br)c(OCc3ccc(C)cc3)c(OC)c1)C(C(=O)Nc1cccc(C)c1)=C(C)N2. The minimum atomic E-state index is -0.564. The lowest BCUT2D eigenvalue weighted by Gasteiger charge is -2.29. The van der Waals surface area contributed by atoms with Crippen molar-refractivity contribution in [1.82, 2.24) is 14.8 Å². The summed E-state index contributed by atoms with van der Waals surface area (Å²) in [5.41, 5.74) is 6.04. The van der Waals surface area contributed by atoms with Crippen molar-refractivity contribution in [1.29, 1.82) is 0 Å². The van der Waals surface area contributed by atoms with Gasteiger partial charge in [-0.15, -0.1) is 5.10 Å². The topological polar surface area (TPSA) is 90.3 Å². The number of aryl methyl sites for hydroxylation is 2. The van der Waals surface area contributed by atoms with Crippen LogP contribution in [0.3, 0.4) is 0 Å². The number of ether oxygens (including phenoxy) is 2. The van der Waals surface area contributed by atoms with Gasteiger partial charge in [-0.25, -0.2) is 4.68 Å². The lowest BCUT2D eigenvalue weighted by molar-refractivity contribution is -0.113. The van der Waals surface area contributed by atoms with Crippen LogP contribution < -0.4 is 20.1 Å². The Labute approximate surface area is 252 Å². The van der Waals surface area contributed by atoms with E-state index in [0.29, 0.717) is 45.0 Å². The zero-order chi connectivity index (χ0) is 29.1. The Morgan fingerprint density at radius 3 is 2.59 bits per heavy atom. The largest absolute Gasteiger partial charge is 0.493 e. The third kappa shape index (κ3) is 6.28. The Kier molecular flexibility index (Phi) is 8.70. The third-order valence-corrected chi connectivity index (χ3v) is 8.01. The molecule has 1 aliphatic heterocycles. The van der Waals surface area contributed by atoms with E-state index < -0.39 is 6.04 Å². The van der Waals surface area contributed by atoms with Crippen molar-refractivity contribution in [3.63, 3.8) is 0 Å². The molecule has 0 bridgehead atoms. The van der Waals surface area contributed by atoms with Gasteiger partial charge in [0.05, 0.1) is 17.2 Å². The van der Waals surface area contributed by atoms with E-state index in [1.165, 1.54) is 5.56 Å². The van der Waals surface area contributed by atoms with Gasteiger partial charge in [0, 0.05) is 11.4 Å². The van der Waals surface area contributed by atoms with Gasteiger partial charge >= 0.3 is 0 Å². The molecule has 0 fully saturated rings. The van der Waals surface area contributed by atoms with Crippen molar-refractivity contribution in [3.05, 3.63) is 98.7 Å². The number of aromatic nitrogens is 3. The summed E-state index contributed by atoms with van der Waals surface area (Å²) in [6, 6.07) is 19.2. The van der Waals surface area contributed by atoms with Crippen LogP contribution in [0.15, 0.2) is 81.6 Å². The van der Waals surface area contributed by atoms with E-state index in [-0.39, 0.29) is 5.91 Å². The molecule has 0 saturated heterocycles. The van der Waals surface area contributed by atoms with Crippen LogP contribution in [-0.2, 0) is 11.4 Å². The van der Waals surface area contributed by atoms with E-state index in [1.54, 1.807) is 23.6 Å². The van der Waals surface area contributed by atoms with Gasteiger partial charge in [0.1, 0.15) is 12.6 Å². The van der Waals surface area contributed by atoms with E-state index in [1.807, 2.05) is 62.4 Å². The molecule has 0 aliphatic carbocycles. The van der Waals surface area contributed by atoms with Gasteiger partial charge in [-0.05, 0) is 83.4 Å². The zero-order valence-corrected chi connectivity index (χ0v) is 26.0. The summed E-state index contributed by atoms with van der Waals surface area (Å²) in [6.45, 7) is 8.37. The van der Waals surface area contributed by atoms with Crippen molar-refractivity contribution < 1.29 is 14.3 Å². The number of nitrogens with zero attached hydrogens (tertiary/aromatic N) is 3. The lowest BCUT2D eigenvalue weighted by Crippen LogP contribution is -2.31. The van der Waals surface area contributed by atoms with E-state index in [2.05, 4.69) is 57.5 Å². The van der Waals surface area contributed by atoms with Gasteiger partial charge in [0.15, 0.2) is 11.5 Å². The number of carbonyl (C=O) groups is 1. The molecule has 2 N–H and O–H groups in total. The van der Waals surface area contributed by atoms with Crippen LogP contribution in [0.4, 0.5) is 11.6 Å². The summed E-state index contributed by atoms with van der Waals surface area (Å²) in [7, 11) is 1.61. The fourth-order valence-electron chi connectivity index (χ4n) is 4.72. The summed E-state index contributed by atoms with van der Waals surface area (Å²) in [6.07, 6.45) is 0. The minimum Gasteiger partial charge on any atom is -0.493 e. The second-order valence-corrected chi connectivity index (χ2v) is 11.9. The van der Waals surface area contributed by atoms with Crippen LogP contribution >= 0.6 is 27.7 Å². The highest BCUT2D eigenvalue weighted by Crippen LogP contribution is 2.43. The van der Waals surface area contributed by atoms with Crippen molar-refractivity contribution in [2.75, 3.05) is 23.5 Å². The summed E-state index contributed by atoms with van der Waals surface area (Å²) in [4.78, 5) is 18.5. The smallest absolute Gasteiger partial charge is 0.255 e. The molecule has 1 atom stereocenters. The quantitative estimate of drug-likeness (QED) is 0.187. The van der Waals surface area contributed by atoms with Crippen LogP contribution in [0.25, 0.3) is 0 Å². The van der Waals surface area contributed by atoms with Crippen LogP contribution in [-0.4, -0.2) is 33.5 Å². The fraction of sp³-hybridized carbons (Fsp3) is 0.258. The van der Waals surface area contributed by atoms with Crippen molar-refractivity contribution in [2.45, 2.75) is 45.5 Å². The predicted molar refractivity (Wildman–Crippen MR) is 167 cm³/mol. The van der Waals surface area contributed by atoms with Gasteiger partial charge in [-0.1, -0.05) is 60.6 Å². The molecule has 1 aliphatic rings. The summed E-state index contributed by atoms with van der Waals surface area (Å²) >= 11 is 5.25. The fourth-order valence-corrected chi connectivity index (χ4v) is 5.85. The Morgan fingerprint density at radius 2 is 1.88 bits per heavy atom. The molecule has 10 heteroatoms. The number of halogens is 1. The third-order valence-electron chi connectivity index (χ3n) is 6.70. The highest BCUT2D eigenvalue weighted by Gasteiger charge is 2.35. The molecule has 0 spiro atoms. The van der Waals surface area contributed by atoms with Gasteiger partial charge in [-0.2, -0.15) is 4.98 Å². The second-order valence-electron chi connectivity index (χ2n) is 9.79. The average Bonchev–Trinajstić information content (AvgIpc) is 3.34. The molecule has 5 rings (SSSR count). The number of hydrogen-bond acceptors (Lipinski definition) is 7. The predicted octanol–water partition coefficient (Wildman–Crippen LogP) is 7.28. The molecule has 4 aromatic rings. The first-order valence-corrected chi connectivity index (χ1v) is 15.1. The summed E-state index contributed by atoms with van der Waals surface area (Å²) < 4.78 is 14.5. The number of allylic oxidation sites excluding steroid dienone is 1. The molecular weight excluding hydrogens is 602 g/mol. The summed E-state index contributed by atoms with van der Waals surface area (Å²) in [5, 5.41) is 11.8. The number of carbonyl (C=O) groups excluding carboxylic acids is 1. The molecule has 8 nitrogen and oxygen atoms in total. The number of fused-ring (bicyclic) bond motifs is 1. The zero-order valence-electron chi connectivity index (χ0n) is 23.6.